The van der Waals surface area contributed by atoms with Crippen molar-refractivity contribution in [3.63, 3.8) is 0 Å². The predicted molar refractivity (Wildman–Crippen MR) is 78.5 cm³/mol. The predicted octanol–water partition coefficient (Wildman–Crippen LogP) is 3.18. The number of pyridine rings is 1. The zero-order valence-electron chi connectivity index (χ0n) is 9.93. The Kier molecular flexibility index (Phi) is 2.98. The third-order valence-corrected chi connectivity index (χ3v) is 4.19. The van der Waals surface area contributed by atoms with Crippen molar-refractivity contribution in [3.8, 4) is 0 Å². The van der Waals surface area contributed by atoms with Gasteiger partial charge in [0, 0.05) is 13.1 Å². The van der Waals surface area contributed by atoms with E-state index in [1.54, 1.807) is 0 Å². The molecule has 1 aliphatic carbocycles. The van der Waals surface area contributed by atoms with Gasteiger partial charge in [0.25, 0.3) is 0 Å². The molecule has 0 aromatic carbocycles. The molecule has 4 heteroatoms. The van der Waals surface area contributed by atoms with Crippen LogP contribution in [0.4, 0.5) is 5.69 Å². The normalized spacial score (nSPS) is 15.4. The Morgan fingerprint density at radius 1 is 1.47 bits per heavy atom. The minimum absolute atomic E-state index is 0.910. The van der Waals surface area contributed by atoms with Gasteiger partial charge in [0.15, 0.2) is 0 Å². The molecule has 1 fully saturated rings. The Morgan fingerprint density at radius 2 is 2.29 bits per heavy atom. The lowest BCUT2D eigenvalue weighted by Crippen LogP contribution is -2.24. The van der Waals surface area contributed by atoms with E-state index >= 15 is 0 Å². The van der Waals surface area contributed by atoms with Gasteiger partial charge in [0.2, 0.25) is 0 Å². The summed E-state index contributed by atoms with van der Waals surface area (Å²) in [5, 5.41) is 4.48. The third kappa shape index (κ3) is 2.14. The van der Waals surface area contributed by atoms with Crippen molar-refractivity contribution in [2.24, 2.45) is 5.92 Å². The number of halogens is 1. The van der Waals surface area contributed by atoms with Crippen LogP contribution in [0.3, 0.4) is 0 Å². The maximum atomic E-state index is 4.48. The van der Waals surface area contributed by atoms with Gasteiger partial charge >= 0.3 is 0 Å². The summed E-state index contributed by atoms with van der Waals surface area (Å²) in [5.41, 5.74) is 2.50. The van der Waals surface area contributed by atoms with E-state index in [1.807, 2.05) is 10.7 Å². The first-order valence-corrected chi connectivity index (χ1v) is 7.24. The lowest BCUT2D eigenvalue weighted by Gasteiger charge is -2.21. The van der Waals surface area contributed by atoms with Crippen molar-refractivity contribution in [2.45, 2.75) is 19.8 Å². The van der Waals surface area contributed by atoms with Gasteiger partial charge in [0.05, 0.1) is 17.4 Å². The lowest BCUT2D eigenvalue weighted by atomic mass is 10.3. The second-order valence-electron chi connectivity index (χ2n) is 4.66. The molecule has 0 aliphatic heterocycles. The van der Waals surface area contributed by atoms with E-state index in [0.29, 0.717) is 0 Å². The van der Waals surface area contributed by atoms with E-state index < -0.39 is 0 Å². The fourth-order valence-corrected chi connectivity index (χ4v) is 2.81. The maximum Gasteiger partial charge on any atom is 0.103 e. The Bertz CT molecular complexity index is 530. The first kappa shape index (κ1) is 11.3. The van der Waals surface area contributed by atoms with E-state index in [1.165, 1.54) is 30.6 Å². The largest absolute Gasteiger partial charge is 0.368 e. The third-order valence-electron chi connectivity index (χ3n) is 3.37. The summed E-state index contributed by atoms with van der Waals surface area (Å²) in [6, 6.07) is 6.34. The molecule has 17 heavy (non-hydrogen) atoms. The minimum atomic E-state index is 0.910. The average Bonchev–Trinajstić information content (AvgIpc) is 3.05. The number of nitrogens with zero attached hydrogens (tertiary/aromatic N) is 3. The molecule has 0 atom stereocenters. The summed E-state index contributed by atoms with van der Waals surface area (Å²) >= 11 is 2.33. The molecule has 2 heterocycles. The Hall–Kier alpha value is -0.780. The highest BCUT2D eigenvalue weighted by atomic mass is 127. The van der Waals surface area contributed by atoms with Crippen LogP contribution in [0.1, 0.15) is 19.8 Å². The number of anilines is 1. The van der Waals surface area contributed by atoms with Crippen LogP contribution < -0.4 is 4.90 Å². The van der Waals surface area contributed by atoms with Gasteiger partial charge in [-0.15, -0.1) is 0 Å². The van der Waals surface area contributed by atoms with Crippen LogP contribution in [0.15, 0.2) is 24.4 Å². The van der Waals surface area contributed by atoms with Crippen molar-refractivity contribution in [2.75, 3.05) is 18.0 Å². The fraction of sp³-hybridized carbons (Fsp3) is 0.462. The Balaban J connectivity index is 2.00. The maximum absolute atomic E-state index is 4.48. The molecule has 0 spiro atoms. The van der Waals surface area contributed by atoms with E-state index in [-0.39, 0.29) is 0 Å². The highest BCUT2D eigenvalue weighted by molar-refractivity contribution is 14.1. The highest BCUT2D eigenvalue weighted by Gasteiger charge is 2.25. The van der Waals surface area contributed by atoms with Crippen LogP contribution in [0, 0.1) is 9.62 Å². The smallest absolute Gasteiger partial charge is 0.103 e. The van der Waals surface area contributed by atoms with E-state index in [9.17, 15) is 0 Å². The molecule has 0 N–H and O–H groups in total. The second kappa shape index (κ2) is 4.48. The zero-order valence-corrected chi connectivity index (χ0v) is 12.1. The first-order valence-electron chi connectivity index (χ1n) is 6.17. The fourth-order valence-electron chi connectivity index (χ4n) is 2.22. The van der Waals surface area contributed by atoms with Gasteiger partial charge < -0.3 is 4.90 Å². The molecule has 0 radical (unpaired) electrons. The molecule has 3 nitrogen and oxygen atoms in total. The summed E-state index contributed by atoms with van der Waals surface area (Å²) in [4.78, 5) is 2.45. The average molecular weight is 341 g/mol. The van der Waals surface area contributed by atoms with Crippen molar-refractivity contribution in [1.82, 2.24) is 9.61 Å². The van der Waals surface area contributed by atoms with Crippen LogP contribution in [-0.2, 0) is 0 Å². The summed E-state index contributed by atoms with van der Waals surface area (Å²) in [6.45, 7) is 4.46. The van der Waals surface area contributed by atoms with Gasteiger partial charge in [-0.2, -0.15) is 5.10 Å². The molecular formula is C13H16IN3. The summed E-state index contributed by atoms with van der Waals surface area (Å²) in [5.74, 6) is 0.910. The molecule has 3 rings (SSSR count). The summed E-state index contributed by atoms with van der Waals surface area (Å²) in [6.07, 6.45) is 4.80. The number of aromatic nitrogens is 2. The lowest BCUT2D eigenvalue weighted by molar-refractivity contribution is 0.744. The molecule has 1 saturated carbocycles. The molecule has 2 aromatic heterocycles. The number of rotatable bonds is 4. The zero-order chi connectivity index (χ0) is 11.8. The quantitative estimate of drug-likeness (QED) is 0.629. The Morgan fingerprint density at radius 3 is 3.00 bits per heavy atom. The van der Waals surface area contributed by atoms with Gasteiger partial charge in [-0.25, -0.2) is 4.52 Å². The van der Waals surface area contributed by atoms with Crippen LogP contribution in [0.5, 0.6) is 0 Å². The van der Waals surface area contributed by atoms with Crippen LogP contribution in [0.2, 0.25) is 0 Å². The van der Waals surface area contributed by atoms with E-state index in [0.717, 1.165) is 16.2 Å². The van der Waals surface area contributed by atoms with Crippen molar-refractivity contribution in [1.29, 1.82) is 0 Å². The number of hydrogen-bond acceptors (Lipinski definition) is 2. The molecule has 0 bridgehead atoms. The van der Waals surface area contributed by atoms with Gasteiger partial charge in [0.1, 0.15) is 3.70 Å². The van der Waals surface area contributed by atoms with Crippen LogP contribution >= 0.6 is 22.6 Å². The van der Waals surface area contributed by atoms with Crippen molar-refractivity contribution >= 4 is 33.8 Å². The molecule has 0 unspecified atom stereocenters. The van der Waals surface area contributed by atoms with Gasteiger partial charge in [-0.05, 0) is 60.4 Å². The summed E-state index contributed by atoms with van der Waals surface area (Å²) in [7, 11) is 0. The second-order valence-corrected chi connectivity index (χ2v) is 5.76. The number of fused-ring (bicyclic) bond motifs is 1. The van der Waals surface area contributed by atoms with Crippen molar-refractivity contribution in [3.05, 3.63) is 28.1 Å². The van der Waals surface area contributed by atoms with E-state index in [4.69, 9.17) is 0 Å². The molecular weight excluding hydrogens is 325 g/mol. The molecule has 90 valence electrons. The van der Waals surface area contributed by atoms with Crippen LogP contribution in [0.25, 0.3) is 5.52 Å². The standard InChI is InChI=1S/C13H16IN3/c1-2-16(9-10-6-7-10)12-8-15-17-11(12)4-3-5-13(17)14/h3-5,8,10H,2,6-7,9H2,1H3. The Labute approximate surface area is 115 Å². The highest BCUT2D eigenvalue weighted by Crippen LogP contribution is 2.32. The molecule has 0 amide bonds. The molecule has 1 aliphatic rings. The molecule has 2 aromatic rings. The summed E-state index contributed by atoms with van der Waals surface area (Å²) < 4.78 is 3.18. The van der Waals surface area contributed by atoms with Gasteiger partial charge in [-0.1, -0.05) is 6.07 Å². The topological polar surface area (TPSA) is 20.5 Å². The van der Waals surface area contributed by atoms with E-state index in [2.05, 4.69) is 57.7 Å². The first-order chi connectivity index (χ1) is 8.29. The van der Waals surface area contributed by atoms with Crippen LogP contribution in [-0.4, -0.2) is 22.7 Å². The van der Waals surface area contributed by atoms with Crippen molar-refractivity contribution < 1.29 is 0 Å². The van der Waals surface area contributed by atoms with Gasteiger partial charge in [-0.3, -0.25) is 0 Å². The minimum Gasteiger partial charge on any atom is -0.368 e. The SMILES string of the molecule is CCN(CC1CC1)c1cnn2c(I)cccc12. The monoisotopic (exact) mass is 341 g/mol. The number of hydrogen-bond donors (Lipinski definition) is 0. The molecule has 0 saturated heterocycles.